The molecule has 0 spiro atoms. The van der Waals surface area contributed by atoms with E-state index in [1.807, 2.05) is 18.2 Å². The standard InChI is InChI=1S/C11H14N2O2.ClH/c1-7(12)11(14)13-10-3-2-8-5-15-6-9(8)4-10;/h2-4,7H,5-6,12H2,1H3,(H,13,14);1H. The van der Waals surface area contributed by atoms with Crippen LogP contribution in [0.5, 0.6) is 0 Å². The fourth-order valence-corrected chi connectivity index (χ4v) is 1.51. The van der Waals surface area contributed by atoms with Crippen LogP contribution >= 0.6 is 12.4 Å². The highest BCUT2D eigenvalue weighted by atomic mass is 35.5. The van der Waals surface area contributed by atoms with Crippen molar-refractivity contribution in [2.24, 2.45) is 5.73 Å². The maximum atomic E-state index is 11.3. The molecular weight excluding hydrogens is 228 g/mol. The summed E-state index contributed by atoms with van der Waals surface area (Å²) < 4.78 is 5.28. The van der Waals surface area contributed by atoms with Gasteiger partial charge in [-0.1, -0.05) is 6.07 Å². The maximum absolute atomic E-state index is 11.3. The Morgan fingerprint density at radius 2 is 2.12 bits per heavy atom. The third-order valence-electron chi connectivity index (χ3n) is 2.40. The lowest BCUT2D eigenvalue weighted by molar-refractivity contribution is -0.117. The highest BCUT2D eigenvalue weighted by Crippen LogP contribution is 2.23. The van der Waals surface area contributed by atoms with Crippen molar-refractivity contribution in [1.29, 1.82) is 0 Å². The summed E-state index contributed by atoms with van der Waals surface area (Å²) in [4.78, 5) is 11.3. The Labute approximate surface area is 101 Å². The van der Waals surface area contributed by atoms with Crippen LogP contribution in [0.4, 0.5) is 5.69 Å². The third kappa shape index (κ3) is 2.72. The van der Waals surface area contributed by atoms with Crippen LogP contribution in [0.25, 0.3) is 0 Å². The third-order valence-corrected chi connectivity index (χ3v) is 2.40. The number of carbonyl (C=O) groups is 1. The Bertz CT molecular complexity index is 394. The van der Waals surface area contributed by atoms with E-state index in [0.717, 1.165) is 11.3 Å². The molecule has 0 radical (unpaired) electrons. The molecule has 1 aliphatic heterocycles. The second-order valence-corrected chi connectivity index (χ2v) is 3.75. The Balaban J connectivity index is 0.00000128. The van der Waals surface area contributed by atoms with Crippen LogP contribution in [0.1, 0.15) is 18.1 Å². The van der Waals surface area contributed by atoms with Gasteiger partial charge in [0.05, 0.1) is 19.3 Å². The van der Waals surface area contributed by atoms with E-state index in [-0.39, 0.29) is 18.3 Å². The zero-order valence-electron chi connectivity index (χ0n) is 9.03. The number of nitrogens with two attached hydrogens (primary N) is 1. The Kier molecular flexibility index (Phi) is 4.29. The number of hydrogen-bond acceptors (Lipinski definition) is 3. The van der Waals surface area contributed by atoms with E-state index in [0.29, 0.717) is 13.2 Å². The number of halogens is 1. The van der Waals surface area contributed by atoms with Crippen LogP contribution in [0.3, 0.4) is 0 Å². The number of ether oxygens (including phenoxy) is 1. The summed E-state index contributed by atoms with van der Waals surface area (Å²) in [6.45, 7) is 2.94. The molecule has 16 heavy (non-hydrogen) atoms. The molecule has 88 valence electrons. The topological polar surface area (TPSA) is 64.4 Å². The number of fused-ring (bicyclic) bond motifs is 1. The molecule has 0 aromatic heterocycles. The van der Waals surface area contributed by atoms with Crippen LogP contribution < -0.4 is 11.1 Å². The highest BCUT2D eigenvalue weighted by molar-refractivity contribution is 5.94. The number of carbonyl (C=O) groups excluding carboxylic acids is 1. The largest absolute Gasteiger partial charge is 0.372 e. The van der Waals surface area contributed by atoms with Gasteiger partial charge in [-0.25, -0.2) is 0 Å². The van der Waals surface area contributed by atoms with Crippen molar-refractivity contribution in [2.75, 3.05) is 5.32 Å². The fourth-order valence-electron chi connectivity index (χ4n) is 1.51. The zero-order chi connectivity index (χ0) is 10.8. The maximum Gasteiger partial charge on any atom is 0.240 e. The Hall–Kier alpha value is -1.10. The first-order chi connectivity index (χ1) is 7.16. The molecule has 1 heterocycles. The summed E-state index contributed by atoms with van der Waals surface area (Å²) in [6, 6.07) is 5.28. The molecule has 1 atom stereocenters. The molecule has 4 nitrogen and oxygen atoms in total. The van der Waals surface area contributed by atoms with Crippen LogP contribution in [-0.2, 0) is 22.7 Å². The van der Waals surface area contributed by atoms with E-state index >= 15 is 0 Å². The molecule has 0 saturated heterocycles. The zero-order valence-corrected chi connectivity index (χ0v) is 9.84. The molecule has 2 rings (SSSR count). The van der Waals surface area contributed by atoms with Gasteiger partial charge in [-0.15, -0.1) is 12.4 Å². The van der Waals surface area contributed by atoms with Crippen molar-refractivity contribution < 1.29 is 9.53 Å². The number of amides is 1. The molecule has 0 aliphatic carbocycles. The minimum atomic E-state index is -0.491. The lowest BCUT2D eigenvalue weighted by Gasteiger charge is -2.08. The molecule has 0 saturated carbocycles. The lowest BCUT2D eigenvalue weighted by atomic mass is 10.1. The van der Waals surface area contributed by atoms with Gasteiger partial charge in [0.15, 0.2) is 0 Å². The minimum Gasteiger partial charge on any atom is -0.372 e. The van der Waals surface area contributed by atoms with Gasteiger partial charge in [0.1, 0.15) is 0 Å². The quantitative estimate of drug-likeness (QED) is 0.825. The van der Waals surface area contributed by atoms with Crippen molar-refractivity contribution in [3.05, 3.63) is 29.3 Å². The average Bonchev–Trinajstić information content (AvgIpc) is 2.64. The summed E-state index contributed by atoms with van der Waals surface area (Å²) >= 11 is 0. The first-order valence-corrected chi connectivity index (χ1v) is 4.93. The van der Waals surface area contributed by atoms with Gasteiger partial charge in [0.2, 0.25) is 5.91 Å². The molecule has 1 aromatic rings. The molecule has 3 N–H and O–H groups in total. The molecule has 1 amide bonds. The van der Waals surface area contributed by atoms with Crippen LogP contribution in [0.15, 0.2) is 18.2 Å². The van der Waals surface area contributed by atoms with Crippen molar-refractivity contribution >= 4 is 24.0 Å². The number of hydrogen-bond donors (Lipinski definition) is 2. The molecular formula is C11H15ClN2O2. The van der Waals surface area contributed by atoms with Gasteiger partial charge in [0, 0.05) is 5.69 Å². The van der Waals surface area contributed by atoms with Crippen molar-refractivity contribution in [3.63, 3.8) is 0 Å². The first-order valence-electron chi connectivity index (χ1n) is 4.93. The van der Waals surface area contributed by atoms with E-state index in [4.69, 9.17) is 10.5 Å². The average molecular weight is 243 g/mol. The summed E-state index contributed by atoms with van der Waals surface area (Å²) in [7, 11) is 0. The predicted octanol–water partition coefficient (Wildman–Crippen LogP) is 1.42. The van der Waals surface area contributed by atoms with Gasteiger partial charge in [-0.05, 0) is 30.2 Å². The van der Waals surface area contributed by atoms with Crippen LogP contribution in [-0.4, -0.2) is 11.9 Å². The van der Waals surface area contributed by atoms with Crippen LogP contribution in [0, 0.1) is 0 Å². The molecule has 0 fully saturated rings. The van der Waals surface area contributed by atoms with E-state index in [1.54, 1.807) is 6.92 Å². The number of benzene rings is 1. The van der Waals surface area contributed by atoms with E-state index in [9.17, 15) is 4.79 Å². The van der Waals surface area contributed by atoms with Gasteiger partial charge in [-0.2, -0.15) is 0 Å². The summed E-state index contributed by atoms with van der Waals surface area (Å²) in [6.07, 6.45) is 0. The second-order valence-electron chi connectivity index (χ2n) is 3.75. The fraction of sp³-hybridized carbons (Fsp3) is 0.364. The Morgan fingerprint density at radius 1 is 1.44 bits per heavy atom. The highest BCUT2D eigenvalue weighted by Gasteiger charge is 2.13. The molecule has 1 aliphatic rings. The molecule has 5 heteroatoms. The van der Waals surface area contributed by atoms with Crippen molar-refractivity contribution in [1.82, 2.24) is 0 Å². The molecule has 0 bridgehead atoms. The van der Waals surface area contributed by atoms with Gasteiger partial charge >= 0.3 is 0 Å². The lowest BCUT2D eigenvalue weighted by Crippen LogP contribution is -2.32. The van der Waals surface area contributed by atoms with Gasteiger partial charge < -0.3 is 15.8 Å². The number of nitrogens with one attached hydrogen (secondary N) is 1. The number of anilines is 1. The van der Waals surface area contributed by atoms with Crippen LogP contribution in [0.2, 0.25) is 0 Å². The molecule has 1 unspecified atom stereocenters. The summed E-state index contributed by atoms with van der Waals surface area (Å²) in [5.74, 6) is -0.172. The summed E-state index contributed by atoms with van der Waals surface area (Å²) in [5.41, 5.74) is 8.56. The first kappa shape index (κ1) is 13.0. The summed E-state index contributed by atoms with van der Waals surface area (Å²) in [5, 5.41) is 2.75. The van der Waals surface area contributed by atoms with E-state index < -0.39 is 6.04 Å². The monoisotopic (exact) mass is 242 g/mol. The van der Waals surface area contributed by atoms with Crippen molar-refractivity contribution in [3.8, 4) is 0 Å². The second kappa shape index (κ2) is 5.30. The Morgan fingerprint density at radius 3 is 2.81 bits per heavy atom. The number of rotatable bonds is 2. The molecule has 1 aromatic carbocycles. The van der Waals surface area contributed by atoms with E-state index in [1.165, 1.54) is 5.56 Å². The minimum absolute atomic E-state index is 0. The SMILES string of the molecule is CC(N)C(=O)Nc1ccc2c(c1)COC2.Cl. The van der Waals surface area contributed by atoms with Gasteiger partial charge in [0.25, 0.3) is 0 Å². The van der Waals surface area contributed by atoms with Gasteiger partial charge in [-0.3, -0.25) is 4.79 Å². The predicted molar refractivity (Wildman–Crippen MR) is 64.5 cm³/mol. The van der Waals surface area contributed by atoms with E-state index in [2.05, 4.69) is 5.32 Å². The van der Waals surface area contributed by atoms with Crippen molar-refractivity contribution in [2.45, 2.75) is 26.2 Å². The normalized spacial score (nSPS) is 14.9. The smallest absolute Gasteiger partial charge is 0.240 e.